The number of rotatable bonds is 8. The van der Waals surface area contributed by atoms with Crippen molar-refractivity contribution >= 4 is 23.6 Å². The van der Waals surface area contributed by atoms with Gasteiger partial charge in [0.2, 0.25) is 5.91 Å². The van der Waals surface area contributed by atoms with E-state index in [1.807, 2.05) is 32.0 Å². The first-order chi connectivity index (χ1) is 9.49. The van der Waals surface area contributed by atoms with Crippen LogP contribution in [0.3, 0.4) is 0 Å². The maximum absolute atomic E-state index is 11.7. The van der Waals surface area contributed by atoms with Crippen LogP contribution in [-0.2, 0) is 15.3 Å². The van der Waals surface area contributed by atoms with Gasteiger partial charge in [-0.25, -0.2) is 4.79 Å². The zero-order valence-electron chi connectivity index (χ0n) is 11.7. The van der Waals surface area contributed by atoms with Gasteiger partial charge in [-0.1, -0.05) is 19.9 Å². The molecule has 20 heavy (non-hydrogen) atoms. The number of amides is 1. The Balaban J connectivity index is 2.33. The van der Waals surface area contributed by atoms with Gasteiger partial charge in [-0.15, -0.1) is 11.8 Å². The second-order valence-corrected chi connectivity index (χ2v) is 5.89. The van der Waals surface area contributed by atoms with Crippen LogP contribution in [0, 0.1) is 5.92 Å². The van der Waals surface area contributed by atoms with E-state index in [2.05, 4.69) is 10.3 Å². The third kappa shape index (κ3) is 6.56. The zero-order valence-corrected chi connectivity index (χ0v) is 12.5. The molecular formula is C14H20N2O3S. The van der Waals surface area contributed by atoms with Crippen molar-refractivity contribution in [3.63, 3.8) is 0 Å². The van der Waals surface area contributed by atoms with Gasteiger partial charge in [0, 0.05) is 11.9 Å². The second-order valence-electron chi connectivity index (χ2n) is 4.90. The Morgan fingerprint density at radius 2 is 2.15 bits per heavy atom. The fourth-order valence-electron chi connectivity index (χ4n) is 1.66. The van der Waals surface area contributed by atoms with Gasteiger partial charge in [0.15, 0.2) is 0 Å². The number of hydrogen-bond donors (Lipinski definition) is 2. The molecule has 1 atom stereocenters. The lowest BCUT2D eigenvalue weighted by molar-refractivity contribution is -0.141. The van der Waals surface area contributed by atoms with E-state index in [1.165, 1.54) is 11.8 Å². The van der Waals surface area contributed by atoms with Gasteiger partial charge in [-0.05, 0) is 24.5 Å². The molecule has 5 nitrogen and oxygen atoms in total. The standard InChI is InChI=1S/C14H20N2O3S/c1-10(2)7-12(14(18)19)16-13(17)9-20-8-11-5-3-4-6-15-11/h3-6,10,12H,7-9H2,1-2H3,(H,16,17)(H,18,19)/t12-/m0/s1. The van der Waals surface area contributed by atoms with E-state index >= 15 is 0 Å². The van der Waals surface area contributed by atoms with Crippen LogP contribution in [0.15, 0.2) is 24.4 Å². The van der Waals surface area contributed by atoms with Crippen LogP contribution in [0.2, 0.25) is 0 Å². The minimum atomic E-state index is -0.984. The molecule has 1 aromatic rings. The highest BCUT2D eigenvalue weighted by molar-refractivity contribution is 7.99. The zero-order chi connectivity index (χ0) is 15.0. The first-order valence-corrected chi connectivity index (χ1v) is 7.64. The molecule has 0 aliphatic heterocycles. The molecule has 6 heteroatoms. The molecule has 0 aliphatic rings. The van der Waals surface area contributed by atoms with E-state index in [0.29, 0.717) is 12.2 Å². The lowest BCUT2D eigenvalue weighted by atomic mass is 10.0. The summed E-state index contributed by atoms with van der Waals surface area (Å²) in [4.78, 5) is 26.9. The van der Waals surface area contributed by atoms with E-state index in [9.17, 15) is 9.59 Å². The number of hydrogen-bond acceptors (Lipinski definition) is 4. The monoisotopic (exact) mass is 296 g/mol. The summed E-state index contributed by atoms with van der Waals surface area (Å²) in [5.74, 6) is -0.146. The Morgan fingerprint density at radius 3 is 2.70 bits per heavy atom. The number of aliphatic carboxylic acids is 1. The lowest BCUT2D eigenvalue weighted by Gasteiger charge is -2.16. The Bertz CT molecular complexity index is 437. The van der Waals surface area contributed by atoms with Gasteiger partial charge >= 0.3 is 5.97 Å². The van der Waals surface area contributed by atoms with Crippen molar-refractivity contribution in [3.05, 3.63) is 30.1 Å². The maximum Gasteiger partial charge on any atom is 0.326 e. The van der Waals surface area contributed by atoms with E-state index < -0.39 is 12.0 Å². The van der Waals surface area contributed by atoms with E-state index in [0.717, 1.165) is 5.69 Å². The van der Waals surface area contributed by atoms with Gasteiger partial charge in [0.1, 0.15) is 6.04 Å². The van der Waals surface area contributed by atoms with Gasteiger partial charge in [0.05, 0.1) is 11.4 Å². The molecule has 0 bridgehead atoms. The maximum atomic E-state index is 11.7. The number of carbonyl (C=O) groups excluding carboxylic acids is 1. The third-order valence-electron chi connectivity index (χ3n) is 2.55. The van der Waals surface area contributed by atoms with Crippen molar-refractivity contribution in [2.75, 3.05) is 5.75 Å². The van der Waals surface area contributed by atoms with E-state index in [4.69, 9.17) is 5.11 Å². The summed E-state index contributed by atoms with van der Waals surface area (Å²) in [7, 11) is 0. The molecule has 0 saturated carbocycles. The molecule has 110 valence electrons. The highest BCUT2D eigenvalue weighted by Crippen LogP contribution is 2.10. The third-order valence-corrected chi connectivity index (χ3v) is 3.52. The summed E-state index contributed by atoms with van der Waals surface area (Å²) < 4.78 is 0. The van der Waals surface area contributed by atoms with Crippen molar-refractivity contribution in [1.82, 2.24) is 10.3 Å². The molecule has 0 aliphatic carbocycles. The summed E-state index contributed by atoms with van der Waals surface area (Å²) in [6, 6.07) is 4.82. The highest BCUT2D eigenvalue weighted by Gasteiger charge is 2.20. The number of aromatic nitrogens is 1. The topological polar surface area (TPSA) is 79.3 Å². The number of thioether (sulfide) groups is 1. The minimum absolute atomic E-state index is 0.220. The van der Waals surface area contributed by atoms with Gasteiger partial charge in [0.25, 0.3) is 0 Å². The van der Waals surface area contributed by atoms with Crippen molar-refractivity contribution in [2.45, 2.75) is 32.1 Å². The van der Waals surface area contributed by atoms with Gasteiger partial charge in [-0.2, -0.15) is 0 Å². The largest absolute Gasteiger partial charge is 0.480 e. The second kappa shape index (κ2) is 8.58. The van der Waals surface area contributed by atoms with Crippen LogP contribution in [0.5, 0.6) is 0 Å². The number of carboxylic acid groups (broad SMARTS) is 1. The Morgan fingerprint density at radius 1 is 1.40 bits per heavy atom. The van der Waals surface area contributed by atoms with Gasteiger partial charge in [-0.3, -0.25) is 9.78 Å². The Labute approximate surface area is 123 Å². The molecule has 1 amide bonds. The quantitative estimate of drug-likeness (QED) is 0.766. The average Bonchev–Trinajstić information content (AvgIpc) is 2.38. The highest BCUT2D eigenvalue weighted by atomic mass is 32.2. The van der Waals surface area contributed by atoms with E-state index in [-0.39, 0.29) is 17.6 Å². The first-order valence-electron chi connectivity index (χ1n) is 6.49. The van der Waals surface area contributed by atoms with Crippen LogP contribution in [0.25, 0.3) is 0 Å². The first kappa shape index (κ1) is 16.5. The van der Waals surface area contributed by atoms with Crippen LogP contribution in [0.4, 0.5) is 0 Å². The van der Waals surface area contributed by atoms with Crippen LogP contribution in [-0.4, -0.2) is 33.8 Å². The van der Waals surface area contributed by atoms with Crippen LogP contribution >= 0.6 is 11.8 Å². The number of nitrogens with one attached hydrogen (secondary N) is 1. The predicted molar refractivity (Wildman–Crippen MR) is 79.4 cm³/mol. The number of nitrogens with zero attached hydrogens (tertiary/aromatic N) is 1. The summed E-state index contributed by atoms with van der Waals surface area (Å²) in [5, 5.41) is 11.6. The molecule has 0 aromatic carbocycles. The minimum Gasteiger partial charge on any atom is -0.480 e. The van der Waals surface area contributed by atoms with E-state index in [1.54, 1.807) is 6.20 Å². The SMILES string of the molecule is CC(C)C[C@H](NC(=O)CSCc1ccccn1)C(=O)O. The molecule has 2 N–H and O–H groups in total. The smallest absolute Gasteiger partial charge is 0.326 e. The Kier molecular flexibility index (Phi) is 7.08. The number of carboxylic acids is 1. The molecule has 0 radical (unpaired) electrons. The predicted octanol–water partition coefficient (Wildman–Crippen LogP) is 1.93. The number of carbonyl (C=O) groups is 2. The van der Waals surface area contributed by atoms with Gasteiger partial charge < -0.3 is 10.4 Å². The molecule has 1 heterocycles. The summed E-state index contributed by atoms with van der Waals surface area (Å²) in [6.07, 6.45) is 2.14. The number of pyridine rings is 1. The summed E-state index contributed by atoms with van der Waals surface area (Å²) in [5.41, 5.74) is 0.905. The molecule has 0 spiro atoms. The molecule has 1 rings (SSSR count). The van der Waals surface area contributed by atoms with Crippen molar-refractivity contribution in [3.8, 4) is 0 Å². The van der Waals surface area contributed by atoms with Crippen molar-refractivity contribution in [1.29, 1.82) is 0 Å². The summed E-state index contributed by atoms with van der Waals surface area (Å²) in [6.45, 7) is 3.86. The molecule has 0 fully saturated rings. The molecule has 0 saturated heterocycles. The lowest BCUT2D eigenvalue weighted by Crippen LogP contribution is -2.42. The fraction of sp³-hybridized carbons (Fsp3) is 0.500. The van der Waals surface area contributed by atoms with Crippen molar-refractivity contribution < 1.29 is 14.7 Å². The van der Waals surface area contributed by atoms with Crippen molar-refractivity contribution in [2.24, 2.45) is 5.92 Å². The average molecular weight is 296 g/mol. The van der Waals surface area contributed by atoms with Crippen LogP contribution in [0.1, 0.15) is 26.0 Å². The molecule has 0 unspecified atom stereocenters. The molecular weight excluding hydrogens is 276 g/mol. The summed E-state index contributed by atoms with van der Waals surface area (Å²) >= 11 is 1.42. The van der Waals surface area contributed by atoms with Crippen LogP contribution < -0.4 is 5.32 Å². The molecule has 1 aromatic heterocycles. The normalized spacial score (nSPS) is 12.2. The fourth-order valence-corrected chi connectivity index (χ4v) is 2.41. The Hall–Kier alpha value is -1.56.